The molecule has 0 spiro atoms. The van der Waals surface area contributed by atoms with Crippen LogP contribution in [0.15, 0.2) is 43.0 Å². The van der Waals surface area contributed by atoms with E-state index < -0.39 is 36.1 Å². The second kappa shape index (κ2) is 13.8. The molecule has 10 atom stereocenters. The van der Waals surface area contributed by atoms with Crippen molar-refractivity contribution in [3.8, 4) is 11.8 Å². The molecular weight excluding hydrogens is 452 g/mol. The number of hydrogen-bond acceptors (Lipinski definition) is 5. The van der Waals surface area contributed by atoms with E-state index in [9.17, 15) is 19.8 Å². The highest BCUT2D eigenvalue weighted by atomic mass is 16.5. The van der Waals surface area contributed by atoms with Crippen molar-refractivity contribution in [1.82, 2.24) is 0 Å². The number of allylic oxidation sites excluding steroid dienone is 1. The number of benzene rings is 1. The Labute approximate surface area is 217 Å². The molecular formula is C31H44O5. The summed E-state index contributed by atoms with van der Waals surface area (Å²) in [5.74, 6) is 3.16. The van der Waals surface area contributed by atoms with E-state index >= 15 is 0 Å². The topological polar surface area (TPSA) is 83.8 Å². The lowest BCUT2D eigenvalue weighted by Crippen LogP contribution is -2.44. The quantitative estimate of drug-likeness (QED) is 0.348. The fraction of sp³-hybridized carbons (Fsp3) is 0.613. The zero-order chi connectivity index (χ0) is 27.0. The molecule has 5 nitrogen and oxygen atoms in total. The molecule has 2 rings (SSSR count). The summed E-state index contributed by atoms with van der Waals surface area (Å²) in [6.07, 6.45) is 0.558. The zero-order valence-corrected chi connectivity index (χ0v) is 22.7. The molecule has 2 N–H and O–H groups in total. The monoisotopic (exact) mass is 496 g/mol. The minimum Gasteiger partial charge on any atom is -0.449 e. The molecule has 36 heavy (non-hydrogen) atoms. The first-order chi connectivity index (χ1) is 17.1. The Balaban J connectivity index is 2.58. The van der Waals surface area contributed by atoms with E-state index in [0.29, 0.717) is 19.3 Å². The van der Waals surface area contributed by atoms with Crippen LogP contribution in [0.3, 0.4) is 0 Å². The maximum Gasteiger partial charge on any atom is 0.312 e. The molecule has 1 aliphatic heterocycles. The van der Waals surface area contributed by atoms with Crippen LogP contribution in [-0.2, 0) is 14.3 Å². The molecule has 1 saturated heterocycles. The molecule has 1 aromatic rings. The zero-order valence-electron chi connectivity index (χ0n) is 22.7. The summed E-state index contributed by atoms with van der Waals surface area (Å²) in [5, 5.41) is 22.1. The molecule has 1 aromatic carbocycles. The van der Waals surface area contributed by atoms with E-state index in [-0.39, 0.29) is 35.4 Å². The van der Waals surface area contributed by atoms with E-state index in [0.717, 1.165) is 5.56 Å². The number of Topliss-reactive ketones (excluding diaryl/α,β-unsaturated/α-hetero) is 1. The highest BCUT2D eigenvalue weighted by Gasteiger charge is 2.41. The van der Waals surface area contributed by atoms with Crippen LogP contribution in [0.5, 0.6) is 0 Å². The van der Waals surface area contributed by atoms with Crippen molar-refractivity contribution in [2.75, 3.05) is 0 Å². The largest absolute Gasteiger partial charge is 0.449 e. The number of carbonyl (C=O) groups excluding carboxylic acids is 2. The van der Waals surface area contributed by atoms with Crippen LogP contribution in [0.2, 0.25) is 0 Å². The van der Waals surface area contributed by atoms with Gasteiger partial charge in [0.25, 0.3) is 0 Å². The van der Waals surface area contributed by atoms with E-state index in [4.69, 9.17) is 4.74 Å². The predicted molar refractivity (Wildman–Crippen MR) is 143 cm³/mol. The van der Waals surface area contributed by atoms with Gasteiger partial charge in [-0.2, -0.15) is 0 Å². The normalized spacial score (nSPS) is 36.7. The van der Waals surface area contributed by atoms with E-state index in [2.05, 4.69) is 18.4 Å². The second-order valence-corrected chi connectivity index (χ2v) is 10.6. The minimum atomic E-state index is -1.08. The van der Waals surface area contributed by atoms with Crippen molar-refractivity contribution < 1.29 is 24.5 Å². The number of esters is 1. The molecule has 1 fully saturated rings. The van der Waals surface area contributed by atoms with Gasteiger partial charge < -0.3 is 14.9 Å². The summed E-state index contributed by atoms with van der Waals surface area (Å²) in [6, 6.07) is 9.46. The summed E-state index contributed by atoms with van der Waals surface area (Å²) in [6.45, 7) is 15.3. The summed E-state index contributed by atoms with van der Waals surface area (Å²) < 4.78 is 5.99. The minimum absolute atomic E-state index is 0.117. The van der Waals surface area contributed by atoms with Crippen LogP contribution in [0.1, 0.15) is 66.4 Å². The predicted octanol–water partition coefficient (Wildman–Crippen LogP) is 5.04. The van der Waals surface area contributed by atoms with Gasteiger partial charge in [0.2, 0.25) is 0 Å². The van der Waals surface area contributed by atoms with Gasteiger partial charge >= 0.3 is 5.97 Å². The number of aliphatic hydroxyl groups excluding tert-OH is 2. The van der Waals surface area contributed by atoms with Gasteiger partial charge in [-0.3, -0.25) is 9.59 Å². The number of rotatable bonds is 3. The third-order valence-electron chi connectivity index (χ3n) is 8.03. The molecule has 0 aromatic heterocycles. The Hall–Kier alpha value is -2.42. The van der Waals surface area contributed by atoms with Crippen LogP contribution < -0.4 is 0 Å². The maximum absolute atomic E-state index is 13.6. The summed E-state index contributed by atoms with van der Waals surface area (Å²) in [4.78, 5) is 26.9. The van der Waals surface area contributed by atoms with E-state index in [1.807, 2.05) is 65.0 Å². The van der Waals surface area contributed by atoms with Gasteiger partial charge in [0, 0.05) is 29.2 Å². The van der Waals surface area contributed by atoms with Gasteiger partial charge in [-0.15, -0.1) is 6.58 Å². The lowest BCUT2D eigenvalue weighted by molar-refractivity contribution is -0.161. The number of ether oxygens (including phenoxy) is 1. The van der Waals surface area contributed by atoms with Crippen LogP contribution in [0.4, 0.5) is 0 Å². The molecule has 0 radical (unpaired) electrons. The first-order valence-electron chi connectivity index (χ1n) is 13.4. The summed E-state index contributed by atoms with van der Waals surface area (Å²) >= 11 is 0. The fourth-order valence-electron chi connectivity index (χ4n) is 5.58. The lowest BCUT2D eigenvalue weighted by Gasteiger charge is -2.36. The van der Waals surface area contributed by atoms with Gasteiger partial charge in [-0.25, -0.2) is 0 Å². The van der Waals surface area contributed by atoms with Crippen molar-refractivity contribution in [2.45, 2.75) is 79.1 Å². The number of hydrogen-bond donors (Lipinski definition) is 2. The van der Waals surface area contributed by atoms with Gasteiger partial charge in [-0.1, -0.05) is 77.7 Å². The molecule has 0 aliphatic carbocycles. The Morgan fingerprint density at radius 1 is 0.972 bits per heavy atom. The van der Waals surface area contributed by atoms with E-state index in [1.54, 1.807) is 13.0 Å². The van der Waals surface area contributed by atoms with Crippen LogP contribution in [0.25, 0.3) is 0 Å². The molecule has 0 amide bonds. The Morgan fingerprint density at radius 3 is 2.14 bits per heavy atom. The number of ketones is 1. The van der Waals surface area contributed by atoms with Crippen LogP contribution in [0, 0.1) is 53.3 Å². The smallest absolute Gasteiger partial charge is 0.312 e. The fourth-order valence-corrected chi connectivity index (χ4v) is 5.58. The third-order valence-corrected chi connectivity index (χ3v) is 8.03. The average Bonchev–Trinajstić information content (AvgIpc) is 2.88. The Kier molecular flexibility index (Phi) is 11.4. The molecule has 1 aliphatic rings. The van der Waals surface area contributed by atoms with Gasteiger partial charge in [0.1, 0.15) is 5.78 Å². The van der Waals surface area contributed by atoms with Crippen molar-refractivity contribution in [3.05, 3.63) is 48.6 Å². The van der Waals surface area contributed by atoms with Crippen LogP contribution in [-0.4, -0.2) is 40.3 Å². The SMILES string of the molecule is C=CC1C(CC)C(=O)[C@H](C)C[C@H](C)[C@H](O)[C@@H](C)[C@H](O)[C@@H](CC)C(=O)O[C@H](C#Cc2ccccc2)[C@@H]1C. The first-order valence-corrected chi connectivity index (χ1v) is 13.4. The standard InChI is InChI=1S/C31H44O5/c1-8-24-21(6)27(17-16-23-14-12-11-13-15-23)36-31(35)26(10-3)30(34)22(7)28(32)19(4)18-20(5)29(33)25(24)9-2/h8,11-15,19-22,24-28,30,32,34H,1,9-10,18H2,2-7H3/t19-,20+,21+,22+,24?,25?,26+,27+,28-,30-/m0/s1. The van der Waals surface area contributed by atoms with Gasteiger partial charge in [-0.05, 0) is 43.2 Å². The Morgan fingerprint density at radius 2 is 1.58 bits per heavy atom. The third kappa shape index (κ3) is 7.08. The highest BCUT2D eigenvalue weighted by Crippen LogP contribution is 2.35. The van der Waals surface area contributed by atoms with Crippen molar-refractivity contribution in [1.29, 1.82) is 0 Å². The van der Waals surface area contributed by atoms with Crippen molar-refractivity contribution in [2.24, 2.45) is 41.4 Å². The highest BCUT2D eigenvalue weighted by molar-refractivity contribution is 5.83. The van der Waals surface area contributed by atoms with E-state index in [1.165, 1.54) is 0 Å². The lowest BCUT2D eigenvalue weighted by atomic mass is 9.72. The molecule has 5 heteroatoms. The number of cyclic esters (lactones) is 1. The molecule has 0 saturated carbocycles. The maximum atomic E-state index is 13.6. The first kappa shape index (κ1) is 29.8. The molecule has 198 valence electrons. The van der Waals surface area contributed by atoms with Crippen molar-refractivity contribution in [3.63, 3.8) is 0 Å². The van der Waals surface area contributed by atoms with Crippen LogP contribution >= 0.6 is 0 Å². The number of aliphatic hydroxyl groups is 2. The summed E-state index contributed by atoms with van der Waals surface area (Å²) in [7, 11) is 0. The van der Waals surface area contributed by atoms with Crippen molar-refractivity contribution >= 4 is 11.8 Å². The average molecular weight is 497 g/mol. The molecule has 1 heterocycles. The molecule has 2 unspecified atom stereocenters. The molecule has 0 bridgehead atoms. The van der Waals surface area contributed by atoms with Gasteiger partial charge in [0.05, 0.1) is 18.1 Å². The number of carbonyl (C=O) groups is 2. The van der Waals surface area contributed by atoms with Gasteiger partial charge in [0.15, 0.2) is 6.10 Å². The Bertz CT molecular complexity index is 929. The summed E-state index contributed by atoms with van der Waals surface area (Å²) in [5.41, 5.74) is 0.796. The second-order valence-electron chi connectivity index (χ2n) is 10.6.